The molecule has 0 aliphatic rings. The topological polar surface area (TPSA) is 69.6 Å². The van der Waals surface area contributed by atoms with E-state index in [1.807, 2.05) is 13.1 Å². The van der Waals surface area contributed by atoms with Crippen LogP contribution >= 0.6 is 0 Å². The molecule has 0 radical (unpaired) electrons. The Labute approximate surface area is 125 Å². The standard InChI is InChI=1S/C15H24N2O4/c1-5-8-15(2,14(19)21-4)16-13(18)12-7-6-9-17(12)10-11-20-3/h6-7,9H,5,8,10-11H2,1-4H3,(H,16,18). The first-order valence-corrected chi connectivity index (χ1v) is 7.03. The normalized spacial score (nSPS) is 13.5. The number of hydrogen-bond donors (Lipinski definition) is 1. The highest BCUT2D eigenvalue weighted by Crippen LogP contribution is 2.16. The molecule has 6 nitrogen and oxygen atoms in total. The molecular formula is C15H24N2O4. The zero-order valence-electron chi connectivity index (χ0n) is 13.1. The van der Waals surface area contributed by atoms with Gasteiger partial charge in [0.05, 0.1) is 13.7 Å². The molecule has 0 fully saturated rings. The van der Waals surface area contributed by atoms with Crippen LogP contribution < -0.4 is 5.32 Å². The number of hydrogen-bond acceptors (Lipinski definition) is 4. The third kappa shape index (κ3) is 4.32. The third-order valence-electron chi connectivity index (χ3n) is 3.37. The number of rotatable bonds is 8. The van der Waals surface area contributed by atoms with Crippen LogP contribution in [0.2, 0.25) is 0 Å². The number of esters is 1. The van der Waals surface area contributed by atoms with Gasteiger partial charge in [0.15, 0.2) is 0 Å². The van der Waals surface area contributed by atoms with Crippen LogP contribution in [0.15, 0.2) is 18.3 Å². The van der Waals surface area contributed by atoms with Gasteiger partial charge in [0.1, 0.15) is 11.2 Å². The van der Waals surface area contributed by atoms with Gasteiger partial charge in [0.2, 0.25) is 0 Å². The number of aromatic nitrogens is 1. The van der Waals surface area contributed by atoms with E-state index in [9.17, 15) is 9.59 Å². The Morgan fingerprint density at radius 1 is 1.38 bits per heavy atom. The minimum atomic E-state index is -1.02. The largest absolute Gasteiger partial charge is 0.467 e. The summed E-state index contributed by atoms with van der Waals surface area (Å²) in [5.74, 6) is -0.731. The van der Waals surface area contributed by atoms with Crippen LogP contribution in [0.25, 0.3) is 0 Å². The predicted molar refractivity (Wildman–Crippen MR) is 79.1 cm³/mol. The molecule has 0 spiro atoms. The van der Waals surface area contributed by atoms with Crippen molar-refractivity contribution in [3.63, 3.8) is 0 Å². The molecule has 1 aromatic rings. The lowest BCUT2D eigenvalue weighted by Crippen LogP contribution is -2.53. The molecule has 1 aromatic heterocycles. The van der Waals surface area contributed by atoms with Crippen LogP contribution in [0.1, 0.15) is 37.2 Å². The average molecular weight is 296 g/mol. The molecule has 0 aromatic carbocycles. The molecule has 1 heterocycles. The summed E-state index contributed by atoms with van der Waals surface area (Å²) in [5, 5.41) is 2.79. The molecule has 0 aliphatic carbocycles. The first-order valence-electron chi connectivity index (χ1n) is 7.03. The maximum absolute atomic E-state index is 12.4. The van der Waals surface area contributed by atoms with E-state index in [-0.39, 0.29) is 5.91 Å². The van der Waals surface area contributed by atoms with Crippen LogP contribution in [-0.4, -0.2) is 42.8 Å². The SMILES string of the molecule is CCCC(C)(NC(=O)c1cccn1CCOC)C(=O)OC. The summed E-state index contributed by atoms with van der Waals surface area (Å²) >= 11 is 0. The van der Waals surface area contributed by atoms with E-state index in [2.05, 4.69) is 5.32 Å². The first kappa shape index (κ1) is 17.2. The van der Waals surface area contributed by atoms with Crippen LogP contribution in [0, 0.1) is 0 Å². The highest BCUT2D eigenvalue weighted by atomic mass is 16.5. The van der Waals surface area contributed by atoms with Crippen molar-refractivity contribution in [3.05, 3.63) is 24.0 Å². The lowest BCUT2D eigenvalue weighted by Gasteiger charge is -2.27. The fourth-order valence-corrected chi connectivity index (χ4v) is 2.26. The van der Waals surface area contributed by atoms with Gasteiger partial charge in [-0.1, -0.05) is 13.3 Å². The molecule has 1 atom stereocenters. The van der Waals surface area contributed by atoms with Crippen molar-refractivity contribution in [3.8, 4) is 0 Å². The number of nitrogens with one attached hydrogen (secondary N) is 1. The molecule has 1 rings (SSSR count). The third-order valence-corrected chi connectivity index (χ3v) is 3.37. The van der Waals surface area contributed by atoms with Crippen molar-refractivity contribution in [2.75, 3.05) is 20.8 Å². The molecule has 0 saturated heterocycles. The number of carbonyl (C=O) groups excluding carboxylic acids is 2. The highest BCUT2D eigenvalue weighted by molar-refractivity contribution is 5.96. The second-order valence-electron chi connectivity index (χ2n) is 5.11. The minimum Gasteiger partial charge on any atom is -0.467 e. The summed E-state index contributed by atoms with van der Waals surface area (Å²) in [6.45, 7) is 4.73. The lowest BCUT2D eigenvalue weighted by molar-refractivity contribution is -0.147. The number of nitrogens with zero attached hydrogens (tertiary/aromatic N) is 1. The van der Waals surface area contributed by atoms with E-state index in [0.29, 0.717) is 25.3 Å². The molecule has 1 unspecified atom stereocenters. The summed E-state index contributed by atoms with van der Waals surface area (Å²) in [4.78, 5) is 24.3. The lowest BCUT2D eigenvalue weighted by atomic mass is 9.96. The monoisotopic (exact) mass is 296 g/mol. The van der Waals surface area contributed by atoms with Crippen molar-refractivity contribution in [2.24, 2.45) is 0 Å². The van der Waals surface area contributed by atoms with Gasteiger partial charge < -0.3 is 19.4 Å². The van der Waals surface area contributed by atoms with E-state index in [1.54, 1.807) is 30.7 Å². The second kappa shape index (κ2) is 7.83. The quantitative estimate of drug-likeness (QED) is 0.740. The molecule has 118 valence electrons. The first-order chi connectivity index (χ1) is 9.98. The summed E-state index contributed by atoms with van der Waals surface area (Å²) < 4.78 is 11.6. The molecule has 21 heavy (non-hydrogen) atoms. The number of carbonyl (C=O) groups is 2. The Balaban J connectivity index is 2.87. The molecule has 0 aliphatic heterocycles. The Kier molecular flexibility index (Phi) is 6.42. The number of methoxy groups -OCH3 is 2. The van der Waals surface area contributed by atoms with E-state index in [1.165, 1.54) is 7.11 Å². The number of amides is 1. The van der Waals surface area contributed by atoms with Crippen molar-refractivity contribution in [1.82, 2.24) is 9.88 Å². The maximum Gasteiger partial charge on any atom is 0.331 e. The molecule has 1 N–H and O–H groups in total. The van der Waals surface area contributed by atoms with E-state index < -0.39 is 11.5 Å². The minimum absolute atomic E-state index is 0.294. The highest BCUT2D eigenvalue weighted by Gasteiger charge is 2.35. The van der Waals surface area contributed by atoms with Gasteiger partial charge in [-0.3, -0.25) is 4.79 Å². The zero-order chi connectivity index (χ0) is 15.9. The molecule has 6 heteroatoms. The fraction of sp³-hybridized carbons (Fsp3) is 0.600. The predicted octanol–water partition coefficient (Wildman–Crippen LogP) is 1.60. The van der Waals surface area contributed by atoms with E-state index in [4.69, 9.17) is 9.47 Å². The van der Waals surface area contributed by atoms with Crippen molar-refractivity contribution >= 4 is 11.9 Å². The molecule has 0 bridgehead atoms. The van der Waals surface area contributed by atoms with Gasteiger partial charge in [0, 0.05) is 19.9 Å². The average Bonchev–Trinajstić information content (AvgIpc) is 2.92. The van der Waals surface area contributed by atoms with Crippen molar-refractivity contribution < 1.29 is 19.1 Å². The molecular weight excluding hydrogens is 272 g/mol. The van der Waals surface area contributed by atoms with Crippen molar-refractivity contribution in [2.45, 2.75) is 38.8 Å². The summed E-state index contributed by atoms with van der Waals surface area (Å²) in [6.07, 6.45) is 3.09. The Morgan fingerprint density at radius 2 is 2.10 bits per heavy atom. The van der Waals surface area contributed by atoms with Gasteiger partial charge in [-0.2, -0.15) is 0 Å². The Morgan fingerprint density at radius 3 is 2.67 bits per heavy atom. The van der Waals surface area contributed by atoms with Gasteiger partial charge in [-0.25, -0.2) is 4.79 Å². The van der Waals surface area contributed by atoms with E-state index >= 15 is 0 Å². The smallest absolute Gasteiger partial charge is 0.331 e. The number of ether oxygens (including phenoxy) is 2. The van der Waals surface area contributed by atoms with Crippen LogP contribution in [0.4, 0.5) is 0 Å². The fourth-order valence-electron chi connectivity index (χ4n) is 2.26. The molecule has 0 saturated carbocycles. The second-order valence-corrected chi connectivity index (χ2v) is 5.11. The van der Waals surface area contributed by atoms with Gasteiger partial charge in [-0.05, 0) is 25.5 Å². The zero-order valence-corrected chi connectivity index (χ0v) is 13.1. The van der Waals surface area contributed by atoms with Crippen LogP contribution in [0.5, 0.6) is 0 Å². The summed E-state index contributed by atoms with van der Waals surface area (Å²) in [5.41, 5.74) is -0.519. The molecule has 1 amide bonds. The van der Waals surface area contributed by atoms with Gasteiger partial charge in [-0.15, -0.1) is 0 Å². The summed E-state index contributed by atoms with van der Waals surface area (Å²) in [6, 6.07) is 3.51. The maximum atomic E-state index is 12.4. The Hall–Kier alpha value is -1.82. The summed E-state index contributed by atoms with van der Waals surface area (Å²) in [7, 11) is 2.93. The Bertz CT molecular complexity index is 484. The van der Waals surface area contributed by atoms with Crippen LogP contribution in [0.3, 0.4) is 0 Å². The van der Waals surface area contributed by atoms with Gasteiger partial charge >= 0.3 is 5.97 Å². The van der Waals surface area contributed by atoms with Crippen LogP contribution in [-0.2, 0) is 20.8 Å². The van der Waals surface area contributed by atoms with Crippen molar-refractivity contribution in [1.29, 1.82) is 0 Å². The van der Waals surface area contributed by atoms with Gasteiger partial charge in [0.25, 0.3) is 5.91 Å². The van der Waals surface area contributed by atoms with E-state index in [0.717, 1.165) is 6.42 Å².